The van der Waals surface area contributed by atoms with E-state index in [1.807, 2.05) is 105 Å². The lowest BCUT2D eigenvalue weighted by Crippen LogP contribution is -2.33. The maximum absolute atomic E-state index is 13.7. The number of aromatic nitrogens is 9. The van der Waals surface area contributed by atoms with E-state index in [-0.39, 0.29) is 5.82 Å². The molecule has 0 saturated carbocycles. The number of para-hydroxylation sites is 2. The van der Waals surface area contributed by atoms with Crippen molar-refractivity contribution in [1.29, 1.82) is 5.26 Å². The predicted octanol–water partition coefficient (Wildman–Crippen LogP) is 10.5. The molecule has 14 nitrogen and oxygen atoms in total. The number of hydrogen-bond acceptors (Lipinski definition) is 8. The van der Waals surface area contributed by atoms with E-state index in [9.17, 15) is 13.2 Å². The maximum Gasteiger partial charge on any atom is 0.311 e. The second-order valence-electron chi connectivity index (χ2n) is 20.0. The minimum Gasteiger partial charge on any atom is -0.359 e. The van der Waals surface area contributed by atoms with Crippen LogP contribution in [0.2, 0.25) is 0 Å². The lowest BCUT2D eigenvalue weighted by molar-refractivity contribution is -0.661. The van der Waals surface area contributed by atoms with Gasteiger partial charge in [0.1, 0.15) is 35.5 Å². The largest absolute Gasteiger partial charge is 0.359 e. The van der Waals surface area contributed by atoms with Crippen LogP contribution in [0.5, 0.6) is 0 Å². The van der Waals surface area contributed by atoms with E-state index in [0.717, 1.165) is 45.8 Å². The average Bonchev–Trinajstić information content (AvgIpc) is 4.29. The van der Waals surface area contributed by atoms with Gasteiger partial charge in [0.25, 0.3) is 0 Å². The number of rotatable bonds is 6. The molecule has 11 rings (SSSR count). The first-order chi connectivity index (χ1) is 38.1. The fourth-order valence-electron chi connectivity index (χ4n) is 9.30. The topological polar surface area (TPSA) is 102 Å². The van der Waals surface area contributed by atoms with Gasteiger partial charge in [-0.2, -0.15) is 5.26 Å². The Morgan fingerprint density at radius 1 is 0.475 bits per heavy atom. The molecule has 0 fully saturated rings. The standard InChI is InChI=1S/C16H16N3.C13H15N3.C12H16N2.C11H12F2N3.C11H13FN3/c1-13-8-6-7-11-15(13)16-17-19(12-18(16)2)14-9-4-3-5-10-14;1-10-8-12(9-14)4-5-13(10)16-7-6-15(3)11(16)2;1-10-6-4-5-7-12(10)14-9-8-13(3)11(14)2;1-7-4-8(12)5-9(13)10(7)11-14-16(3)6-15(11)2;1-8-6-9(12)4-5-10(8)11-13-15(3)7-14(11)2/h3-12H,1-2H3;4-8,11H,1-3H3;4-9,11H,1-3H3;4-6H,1-3H3;4-7H,1-3H3/q+1;;;2*+1/t;2*11-;;/m.11../s1. The molecule has 0 unspecified atom stereocenters. The van der Waals surface area contributed by atoms with Crippen LogP contribution in [0, 0.1) is 63.4 Å². The van der Waals surface area contributed by atoms with Gasteiger partial charge in [-0.15, -0.1) is 9.36 Å². The van der Waals surface area contributed by atoms with Crippen molar-refractivity contribution in [1.82, 2.24) is 39.1 Å². The number of anilines is 2. The van der Waals surface area contributed by atoms with Gasteiger partial charge in [0.05, 0.1) is 68.7 Å². The molecule has 17 heteroatoms. The minimum absolute atomic E-state index is 0.213. The number of benzene rings is 6. The number of aryl methyl sites for hydroxylation is 10. The van der Waals surface area contributed by atoms with Crippen LogP contribution in [0.4, 0.5) is 24.5 Å². The molecule has 80 heavy (non-hydrogen) atoms. The lowest BCUT2D eigenvalue weighted by Gasteiger charge is -2.28. The summed E-state index contributed by atoms with van der Waals surface area (Å²) < 4.78 is 50.5. The van der Waals surface area contributed by atoms with Crippen LogP contribution in [-0.2, 0) is 35.2 Å². The molecule has 9 aromatic rings. The van der Waals surface area contributed by atoms with Crippen molar-refractivity contribution >= 4 is 11.4 Å². The van der Waals surface area contributed by atoms with Gasteiger partial charge in [-0.25, -0.2) is 26.9 Å². The van der Waals surface area contributed by atoms with Crippen molar-refractivity contribution in [2.45, 2.75) is 60.8 Å². The molecule has 3 aromatic heterocycles. The Balaban J connectivity index is 0.000000145. The highest BCUT2D eigenvalue weighted by atomic mass is 19.1. The van der Waals surface area contributed by atoms with Gasteiger partial charge in [-0.05, 0) is 143 Å². The van der Waals surface area contributed by atoms with E-state index >= 15 is 0 Å². The Morgan fingerprint density at radius 2 is 0.988 bits per heavy atom. The quantitative estimate of drug-likeness (QED) is 0.152. The Morgan fingerprint density at radius 3 is 1.50 bits per heavy atom. The van der Waals surface area contributed by atoms with E-state index in [2.05, 4.69) is 156 Å². The normalized spacial score (nSPS) is 14.1. The molecule has 5 heterocycles. The van der Waals surface area contributed by atoms with E-state index < -0.39 is 11.6 Å². The van der Waals surface area contributed by atoms with Crippen molar-refractivity contribution in [3.05, 3.63) is 222 Å². The van der Waals surface area contributed by atoms with Gasteiger partial charge in [-0.3, -0.25) is 0 Å². The zero-order valence-electron chi connectivity index (χ0n) is 48.2. The summed E-state index contributed by atoms with van der Waals surface area (Å²) in [6, 6.07) is 41.8. The average molecular weight is 1080 g/mol. The molecule has 2 aliphatic heterocycles. The summed E-state index contributed by atoms with van der Waals surface area (Å²) in [6.07, 6.45) is 14.7. The van der Waals surface area contributed by atoms with E-state index in [4.69, 9.17) is 10.4 Å². The number of nitriles is 1. The van der Waals surface area contributed by atoms with Crippen LogP contribution in [0.15, 0.2) is 171 Å². The van der Waals surface area contributed by atoms with Crippen molar-refractivity contribution in [2.75, 3.05) is 23.9 Å². The van der Waals surface area contributed by atoms with E-state index in [1.165, 1.54) is 40.6 Å². The number of halogens is 3. The lowest BCUT2D eigenvalue weighted by atomic mass is 10.1. The molecular weight excluding hydrogens is 1010 g/mol. The van der Waals surface area contributed by atoms with Gasteiger partial charge in [0, 0.05) is 66.5 Å². The van der Waals surface area contributed by atoms with Gasteiger partial charge in [0.15, 0.2) is 0 Å². The first-order valence-electron chi connectivity index (χ1n) is 26.2. The zero-order chi connectivity index (χ0) is 57.9. The number of hydrogen-bond donors (Lipinski definition) is 0. The summed E-state index contributed by atoms with van der Waals surface area (Å²) in [5.74, 6) is 0.924. The third-order valence-corrected chi connectivity index (χ3v) is 13.9. The predicted molar refractivity (Wildman–Crippen MR) is 309 cm³/mol. The second-order valence-corrected chi connectivity index (χ2v) is 20.0. The molecule has 0 saturated heterocycles. The minimum atomic E-state index is -0.591. The summed E-state index contributed by atoms with van der Waals surface area (Å²) in [4.78, 5) is 8.84. The SMILES string of the molecule is Cc1cc(C#N)ccc1N1C=CN(C)[C@H]1C.Cc1cc(F)cc(F)c1-c1nn(C)c[n+]1C.Cc1cc(F)ccc1-c1nn(C)c[n+]1C.Cc1ccccc1-c1nn(-c2ccccc2)c[n+]1C.Cc1ccccc1N1C=CN(C)[C@H]1C. The Bertz CT molecular complexity index is 3660. The summed E-state index contributed by atoms with van der Waals surface area (Å²) in [5.41, 5.74) is 11.8. The Labute approximate surface area is 468 Å². The molecule has 412 valence electrons. The van der Waals surface area contributed by atoms with Crippen LogP contribution in [0.3, 0.4) is 0 Å². The molecule has 2 atom stereocenters. The smallest absolute Gasteiger partial charge is 0.311 e. The monoisotopic (exact) mass is 1080 g/mol. The van der Waals surface area contributed by atoms with E-state index in [1.54, 1.807) is 47.3 Å². The third-order valence-electron chi connectivity index (χ3n) is 13.9. The van der Waals surface area contributed by atoms with Crippen molar-refractivity contribution in [2.24, 2.45) is 35.2 Å². The van der Waals surface area contributed by atoms with Crippen molar-refractivity contribution in [3.8, 4) is 45.9 Å². The first kappa shape index (κ1) is 58.4. The van der Waals surface area contributed by atoms with E-state index in [0.29, 0.717) is 34.8 Å². The molecular formula is C63H72F3N14+3. The molecule has 2 aliphatic rings. The Hall–Kier alpha value is -9.30. The summed E-state index contributed by atoms with van der Waals surface area (Å²) in [7, 11) is 13.5. The summed E-state index contributed by atoms with van der Waals surface area (Å²) in [6.45, 7) is 14.2. The molecule has 6 aromatic carbocycles. The van der Waals surface area contributed by atoms with Gasteiger partial charge in [0.2, 0.25) is 19.0 Å². The van der Waals surface area contributed by atoms with Crippen LogP contribution in [-0.4, -0.2) is 65.6 Å². The van der Waals surface area contributed by atoms with Gasteiger partial charge < -0.3 is 19.6 Å². The first-order valence-corrected chi connectivity index (χ1v) is 26.2. The highest BCUT2D eigenvalue weighted by Gasteiger charge is 2.25. The fourth-order valence-corrected chi connectivity index (χ4v) is 9.30. The highest BCUT2D eigenvalue weighted by molar-refractivity contribution is 5.61. The van der Waals surface area contributed by atoms with Gasteiger partial charge in [-0.1, -0.05) is 59.3 Å². The van der Waals surface area contributed by atoms with Crippen LogP contribution in [0.25, 0.3) is 39.9 Å². The molecule has 0 amide bonds. The maximum atomic E-state index is 13.7. The van der Waals surface area contributed by atoms with Crippen molar-refractivity contribution < 1.29 is 26.9 Å². The van der Waals surface area contributed by atoms with Crippen LogP contribution >= 0.6 is 0 Å². The highest BCUT2D eigenvalue weighted by Crippen LogP contribution is 2.29. The molecule has 0 N–H and O–H groups in total. The molecule has 0 aliphatic carbocycles. The van der Waals surface area contributed by atoms with Crippen LogP contribution in [0.1, 0.15) is 47.2 Å². The molecule has 0 radical (unpaired) electrons. The molecule has 0 bridgehead atoms. The second kappa shape index (κ2) is 25.9. The third kappa shape index (κ3) is 13.9. The fraction of sp³-hybridized carbons (Fsp3) is 0.254. The van der Waals surface area contributed by atoms with Crippen molar-refractivity contribution in [3.63, 3.8) is 0 Å². The van der Waals surface area contributed by atoms with Crippen LogP contribution < -0.4 is 23.5 Å². The summed E-state index contributed by atoms with van der Waals surface area (Å²) >= 11 is 0. The molecule has 0 spiro atoms. The number of nitrogens with zero attached hydrogens (tertiary/aromatic N) is 14. The zero-order valence-corrected chi connectivity index (χ0v) is 48.2. The Kier molecular flexibility index (Phi) is 18.9. The van der Waals surface area contributed by atoms with Gasteiger partial charge >= 0.3 is 17.5 Å². The summed E-state index contributed by atoms with van der Waals surface area (Å²) in [5, 5.41) is 22.0.